The Morgan fingerprint density at radius 1 is 1.00 bits per heavy atom. The standard InChI is InChI=1S/C14H11BrN2/c15-10-6-7-13-12(8-10)14(9-16-13)17-11-4-2-1-3-5-11/h1-9,16-17H. The van der Waals surface area contributed by atoms with Gasteiger partial charge in [-0.3, -0.25) is 0 Å². The van der Waals surface area contributed by atoms with Gasteiger partial charge < -0.3 is 10.3 Å². The van der Waals surface area contributed by atoms with Crippen molar-refractivity contribution in [1.82, 2.24) is 4.98 Å². The summed E-state index contributed by atoms with van der Waals surface area (Å²) in [4.78, 5) is 3.25. The number of para-hydroxylation sites is 1. The highest BCUT2D eigenvalue weighted by Crippen LogP contribution is 2.28. The van der Waals surface area contributed by atoms with Crippen molar-refractivity contribution in [2.45, 2.75) is 0 Å². The van der Waals surface area contributed by atoms with Crippen LogP contribution in [0, 0.1) is 0 Å². The predicted octanol–water partition coefficient (Wildman–Crippen LogP) is 4.67. The molecule has 84 valence electrons. The highest BCUT2D eigenvalue weighted by Gasteiger charge is 2.03. The van der Waals surface area contributed by atoms with Gasteiger partial charge in [0.2, 0.25) is 0 Å². The Kier molecular flexibility index (Phi) is 2.61. The lowest BCUT2D eigenvalue weighted by molar-refractivity contribution is 1.46. The molecule has 2 nitrogen and oxygen atoms in total. The molecule has 3 aromatic rings. The van der Waals surface area contributed by atoms with Crippen LogP contribution in [0.15, 0.2) is 59.2 Å². The Balaban J connectivity index is 2.03. The van der Waals surface area contributed by atoms with Gasteiger partial charge in [0.25, 0.3) is 0 Å². The first-order valence-corrected chi connectivity index (χ1v) is 6.21. The van der Waals surface area contributed by atoms with Crippen LogP contribution < -0.4 is 5.32 Å². The van der Waals surface area contributed by atoms with E-state index in [1.54, 1.807) is 0 Å². The molecule has 3 heteroatoms. The average molecular weight is 287 g/mol. The van der Waals surface area contributed by atoms with Gasteiger partial charge in [-0.25, -0.2) is 0 Å². The van der Waals surface area contributed by atoms with E-state index in [4.69, 9.17) is 0 Å². The molecule has 2 aromatic carbocycles. The summed E-state index contributed by atoms with van der Waals surface area (Å²) in [6.45, 7) is 0. The number of fused-ring (bicyclic) bond motifs is 1. The molecule has 0 atom stereocenters. The highest BCUT2D eigenvalue weighted by molar-refractivity contribution is 9.10. The summed E-state index contributed by atoms with van der Waals surface area (Å²) >= 11 is 3.50. The van der Waals surface area contributed by atoms with E-state index in [1.165, 1.54) is 5.39 Å². The molecule has 2 N–H and O–H groups in total. The van der Waals surface area contributed by atoms with E-state index in [1.807, 2.05) is 30.5 Å². The fraction of sp³-hybridized carbons (Fsp3) is 0. The normalized spacial score (nSPS) is 10.6. The zero-order chi connectivity index (χ0) is 11.7. The highest BCUT2D eigenvalue weighted by atomic mass is 79.9. The fourth-order valence-corrected chi connectivity index (χ4v) is 2.23. The van der Waals surface area contributed by atoms with Gasteiger partial charge in [0.1, 0.15) is 0 Å². The first-order chi connectivity index (χ1) is 8.33. The molecule has 0 aliphatic rings. The SMILES string of the molecule is Brc1ccc2[nH]cc(Nc3ccccc3)c2c1. The Labute approximate surface area is 108 Å². The number of nitrogens with one attached hydrogen (secondary N) is 2. The second kappa shape index (κ2) is 4.26. The van der Waals surface area contributed by atoms with Gasteiger partial charge in [-0.15, -0.1) is 0 Å². The quantitative estimate of drug-likeness (QED) is 0.704. The van der Waals surface area contributed by atoms with Gasteiger partial charge >= 0.3 is 0 Å². The minimum Gasteiger partial charge on any atom is -0.359 e. The molecule has 17 heavy (non-hydrogen) atoms. The third-order valence-corrected chi connectivity index (χ3v) is 3.19. The number of H-pyrrole nitrogens is 1. The number of aromatic nitrogens is 1. The second-order valence-corrected chi connectivity index (χ2v) is 4.80. The molecule has 1 aromatic heterocycles. The van der Waals surface area contributed by atoms with E-state index in [0.29, 0.717) is 0 Å². The van der Waals surface area contributed by atoms with E-state index in [2.05, 4.69) is 50.5 Å². The van der Waals surface area contributed by atoms with Crippen molar-refractivity contribution >= 4 is 38.2 Å². The summed E-state index contributed by atoms with van der Waals surface area (Å²) in [7, 11) is 0. The van der Waals surface area contributed by atoms with Crippen molar-refractivity contribution in [3.05, 3.63) is 59.2 Å². The van der Waals surface area contributed by atoms with Crippen LogP contribution in [-0.2, 0) is 0 Å². The fourth-order valence-electron chi connectivity index (χ4n) is 1.87. The number of rotatable bonds is 2. The Morgan fingerprint density at radius 2 is 1.82 bits per heavy atom. The van der Waals surface area contributed by atoms with Crippen molar-refractivity contribution in [1.29, 1.82) is 0 Å². The summed E-state index contributed by atoms with van der Waals surface area (Å²) in [5.74, 6) is 0. The summed E-state index contributed by atoms with van der Waals surface area (Å²) in [6, 6.07) is 16.4. The Bertz CT molecular complexity index is 644. The minimum atomic E-state index is 1.08. The van der Waals surface area contributed by atoms with E-state index in [-0.39, 0.29) is 0 Å². The number of benzene rings is 2. The lowest BCUT2D eigenvalue weighted by Crippen LogP contribution is -1.87. The van der Waals surface area contributed by atoms with Crippen LogP contribution in [-0.4, -0.2) is 4.98 Å². The van der Waals surface area contributed by atoms with Crippen molar-refractivity contribution in [3.63, 3.8) is 0 Å². The molecule has 0 saturated carbocycles. The Morgan fingerprint density at radius 3 is 2.65 bits per heavy atom. The third-order valence-electron chi connectivity index (χ3n) is 2.70. The molecule has 0 saturated heterocycles. The van der Waals surface area contributed by atoms with Crippen molar-refractivity contribution in [2.75, 3.05) is 5.32 Å². The van der Waals surface area contributed by atoms with Crippen LogP contribution in [0.5, 0.6) is 0 Å². The van der Waals surface area contributed by atoms with E-state index in [9.17, 15) is 0 Å². The predicted molar refractivity (Wildman–Crippen MR) is 75.7 cm³/mol. The Hall–Kier alpha value is -1.74. The zero-order valence-electron chi connectivity index (χ0n) is 9.07. The molecule has 1 heterocycles. The van der Waals surface area contributed by atoms with Gasteiger partial charge in [-0.1, -0.05) is 34.1 Å². The maximum Gasteiger partial charge on any atom is 0.0642 e. The monoisotopic (exact) mass is 286 g/mol. The average Bonchev–Trinajstić information content (AvgIpc) is 2.73. The zero-order valence-corrected chi connectivity index (χ0v) is 10.7. The lowest BCUT2D eigenvalue weighted by Gasteiger charge is -2.04. The van der Waals surface area contributed by atoms with Crippen LogP contribution in [0.25, 0.3) is 10.9 Å². The second-order valence-electron chi connectivity index (χ2n) is 3.88. The maximum absolute atomic E-state index is 3.50. The van der Waals surface area contributed by atoms with Gasteiger partial charge in [-0.2, -0.15) is 0 Å². The molecular formula is C14H11BrN2. The number of hydrogen-bond donors (Lipinski definition) is 2. The molecular weight excluding hydrogens is 276 g/mol. The first-order valence-electron chi connectivity index (χ1n) is 5.42. The first kappa shape index (κ1) is 10.4. The maximum atomic E-state index is 3.50. The molecule has 0 spiro atoms. The topological polar surface area (TPSA) is 27.8 Å². The van der Waals surface area contributed by atoms with Gasteiger partial charge in [0.15, 0.2) is 0 Å². The van der Waals surface area contributed by atoms with Gasteiger partial charge in [0.05, 0.1) is 5.69 Å². The van der Waals surface area contributed by atoms with E-state index >= 15 is 0 Å². The van der Waals surface area contributed by atoms with Gasteiger partial charge in [0, 0.05) is 27.3 Å². The van der Waals surface area contributed by atoms with Crippen molar-refractivity contribution < 1.29 is 0 Å². The minimum absolute atomic E-state index is 1.08. The largest absolute Gasteiger partial charge is 0.359 e. The molecule has 0 fully saturated rings. The molecule has 0 aliphatic heterocycles. The summed E-state index contributed by atoms with van der Waals surface area (Å²) in [6.07, 6.45) is 1.99. The van der Waals surface area contributed by atoms with Crippen LogP contribution >= 0.6 is 15.9 Å². The summed E-state index contributed by atoms with van der Waals surface area (Å²) in [5.41, 5.74) is 3.31. The summed E-state index contributed by atoms with van der Waals surface area (Å²) < 4.78 is 1.08. The van der Waals surface area contributed by atoms with Gasteiger partial charge in [-0.05, 0) is 30.3 Å². The van der Waals surface area contributed by atoms with Crippen LogP contribution in [0.3, 0.4) is 0 Å². The smallest absolute Gasteiger partial charge is 0.0642 e. The van der Waals surface area contributed by atoms with E-state index in [0.717, 1.165) is 21.4 Å². The van der Waals surface area contributed by atoms with Crippen LogP contribution in [0.4, 0.5) is 11.4 Å². The molecule has 0 amide bonds. The van der Waals surface area contributed by atoms with E-state index < -0.39 is 0 Å². The molecule has 3 rings (SSSR count). The number of aromatic amines is 1. The molecule has 0 radical (unpaired) electrons. The molecule has 0 bridgehead atoms. The molecule has 0 unspecified atom stereocenters. The number of halogens is 1. The lowest BCUT2D eigenvalue weighted by atomic mass is 10.2. The van der Waals surface area contributed by atoms with Crippen molar-refractivity contribution in [2.24, 2.45) is 0 Å². The van der Waals surface area contributed by atoms with Crippen LogP contribution in [0.1, 0.15) is 0 Å². The number of anilines is 2. The third kappa shape index (κ3) is 2.06. The summed E-state index contributed by atoms with van der Waals surface area (Å²) in [5, 5.41) is 4.59. The van der Waals surface area contributed by atoms with Crippen molar-refractivity contribution in [3.8, 4) is 0 Å². The number of hydrogen-bond acceptors (Lipinski definition) is 1. The van der Waals surface area contributed by atoms with Crippen LogP contribution in [0.2, 0.25) is 0 Å². The molecule has 0 aliphatic carbocycles.